The second-order valence-electron chi connectivity index (χ2n) is 2.85. The highest BCUT2D eigenvalue weighted by Gasteiger charge is 2.31. The van der Waals surface area contributed by atoms with Crippen molar-refractivity contribution >= 4 is 0 Å². The Labute approximate surface area is 78.9 Å². The first-order valence-corrected chi connectivity index (χ1v) is 3.93. The van der Waals surface area contributed by atoms with E-state index in [4.69, 9.17) is 11.5 Å². The minimum absolute atomic E-state index is 0.0863. The van der Waals surface area contributed by atoms with Crippen LogP contribution in [0.2, 0.25) is 0 Å². The largest absolute Gasteiger partial charge is 0.417 e. The van der Waals surface area contributed by atoms with Crippen molar-refractivity contribution in [2.75, 3.05) is 6.54 Å². The molecule has 0 amide bonds. The molecule has 0 spiro atoms. The summed E-state index contributed by atoms with van der Waals surface area (Å²) in [5.41, 5.74) is 10.2. The standard InChI is InChI=1S/C8H10F3N3/c9-8(10,11)6-1-5(3-14-4-6)7(13)2-12/h1,3-4,7H,2,12-13H2. The predicted octanol–water partition coefficient (Wildman–Crippen LogP) is 1.06. The molecule has 14 heavy (non-hydrogen) atoms. The summed E-state index contributed by atoms with van der Waals surface area (Å²) >= 11 is 0. The molecule has 1 atom stereocenters. The van der Waals surface area contributed by atoms with Gasteiger partial charge < -0.3 is 11.5 Å². The molecule has 1 aromatic rings. The summed E-state index contributed by atoms with van der Waals surface area (Å²) in [6, 6.07) is 0.356. The Morgan fingerprint density at radius 3 is 2.50 bits per heavy atom. The van der Waals surface area contributed by atoms with Gasteiger partial charge in [-0.2, -0.15) is 13.2 Å². The number of alkyl halides is 3. The molecule has 0 radical (unpaired) electrons. The van der Waals surface area contributed by atoms with Gasteiger partial charge in [0.15, 0.2) is 0 Å². The Morgan fingerprint density at radius 1 is 1.36 bits per heavy atom. The number of rotatable bonds is 2. The van der Waals surface area contributed by atoms with Crippen LogP contribution in [0.1, 0.15) is 17.2 Å². The van der Waals surface area contributed by atoms with Crippen molar-refractivity contribution in [3.05, 3.63) is 29.6 Å². The number of nitrogens with zero attached hydrogens (tertiary/aromatic N) is 1. The molecule has 0 saturated heterocycles. The third kappa shape index (κ3) is 2.43. The smallest absolute Gasteiger partial charge is 0.329 e. The van der Waals surface area contributed by atoms with Gasteiger partial charge in [-0.05, 0) is 11.6 Å². The Kier molecular flexibility index (Phi) is 3.07. The lowest BCUT2D eigenvalue weighted by molar-refractivity contribution is -0.137. The van der Waals surface area contributed by atoms with Crippen LogP contribution in [0.3, 0.4) is 0 Å². The van der Waals surface area contributed by atoms with Gasteiger partial charge in [0.05, 0.1) is 5.56 Å². The zero-order valence-corrected chi connectivity index (χ0v) is 7.25. The lowest BCUT2D eigenvalue weighted by Gasteiger charge is -2.11. The minimum atomic E-state index is -4.39. The fourth-order valence-electron chi connectivity index (χ4n) is 0.952. The molecule has 0 aliphatic heterocycles. The monoisotopic (exact) mass is 205 g/mol. The molecule has 78 valence electrons. The lowest BCUT2D eigenvalue weighted by atomic mass is 10.1. The molecule has 0 aliphatic rings. The van der Waals surface area contributed by atoms with Crippen LogP contribution in [0.4, 0.5) is 13.2 Å². The minimum Gasteiger partial charge on any atom is -0.329 e. The van der Waals surface area contributed by atoms with Crippen molar-refractivity contribution in [2.24, 2.45) is 11.5 Å². The van der Waals surface area contributed by atoms with Crippen LogP contribution in [-0.4, -0.2) is 11.5 Å². The molecule has 3 nitrogen and oxygen atoms in total. The van der Waals surface area contributed by atoms with Crippen LogP contribution in [0.25, 0.3) is 0 Å². The van der Waals surface area contributed by atoms with Crippen LogP contribution >= 0.6 is 0 Å². The molecule has 0 aromatic carbocycles. The average molecular weight is 205 g/mol. The van der Waals surface area contributed by atoms with Crippen LogP contribution in [0.15, 0.2) is 18.5 Å². The molecule has 1 aromatic heterocycles. The van der Waals surface area contributed by atoms with Crippen LogP contribution in [0.5, 0.6) is 0 Å². The van der Waals surface area contributed by atoms with E-state index >= 15 is 0 Å². The Balaban J connectivity index is 3.01. The number of nitrogens with two attached hydrogens (primary N) is 2. The molecule has 6 heteroatoms. The summed E-state index contributed by atoms with van der Waals surface area (Å²) in [5.74, 6) is 0. The summed E-state index contributed by atoms with van der Waals surface area (Å²) < 4.78 is 36.7. The second-order valence-corrected chi connectivity index (χ2v) is 2.85. The van der Waals surface area contributed by atoms with Crippen LogP contribution < -0.4 is 11.5 Å². The van der Waals surface area contributed by atoms with Gasteiger partial charge in [-0.1, -0.05) is 0 Å². The SMILES string of the molecule is NCC(N)c1cncc(C(F)(F)F)c1. The first-order valence-electron chi connectivity index (χ1n) is 3.93. The Morgan fingerprint density at radius 2 is 2.00 bits per heavy atom. The van der Waals surface area contributed by atoms with Gasteiger partial charge in [-0.15, -0.1) is 0 Å². The summed E-state index contributed by atoms with van der Waals surface area (Å²) in [5, 5.41) is 0. The number of aromatic nitrogens is 1. The summed E-state index contributed by atoms with van der Waals surface area (Å²) in [4.78, 5) is 3.46. The summed E-state index contributed by atoms with van der Waals surface area (Å²) in [7, 11) is 0. The fraction of sp³-hybridized carbons (Fsp3) is 0.375. The van der Waals surface area contributed by atoms with Crippen LogP contribution in [-0.2, 0) is 6.18 Å². The molecular formula is C8H10F3N3. The average Bonchev–Trinajstić information content (AvgIpc) is 2.15. The molecule has 1 heterocycles. The molecule has 1 rings (SSSR count). The molecule has 1 unspecified atom stereocenters. The molecule has 4 N–H and O–H groups in total. The second kappa shape index (κ2) is 3.93. The van der Waals surface area contributed by atoms with Crippen molar-refractivity contribution in [1.29, 1.82) is 0 Å². The van der Waals surface area contributed by atoms with Crippen LogP contribution in [0, 0.1) is 0 Å². The van der Waals surface area contributed by atoms with Gasteiger partial charge >= 0.3 is 6.18 Å². The van der Waals surface area contributed by atoms with Gasteiger partial charge in [0.1, 0.15) is 0 Å². The maximum absolute atomic E-state index is 12.2. The van der Waals surface area contributed by atoms with Crippen molar-refractivity contribution in [1.82, 2.24) is 4.98 Å². The van der Waals surface area contributed by atoms with Gasteiger partial charge in [-0.3, -0.25) is 4.98 Å². The zero-order valence-electron chi connectivity index (χ0n) is 7.25. The highest BCUT2D eigenvalue weighted by molar-refractivity contribution is 5.23. The van der Waals surface area contributed by atoms with Gasteiger partial charge in [-0.25, -0.2) is 0 Å². The first-order chi connectivity index (χ1) is 6.45. The predicted molar refractivity (Wildman–Crippen MR) is 45.2 cm³/mol. The van der Waals surface area contributed by atoms with E-state index in [1.807, 2.05) is 0 Å². The number of pyridine rings is 1. The highest BCUT2D eigenvalue weighted by atomic mass is 19.4. The number of hydrogen-bond acceptors (Lipinski definition) is 3. The van der Waals surface area contributed by atoms with E-state index in [2.05, 4.69) is 4.98 Å². The Hall–Kier alpha value is -1.14. The van der Waals surface area contributed by atoms with E-state index in [1.54, 1.807) is 0 Å². The number of halogens is 3. The van der Waals surface area contributed by atoms with E-state index in [-0.39, 0.29) is 6.54 Å². The van der Waals surface area contributed by atoms with E-state index < -0.39 is 17.8 Å². The molecule has 0 bridgehead atoms. The molecule has 0 fully saturated rings. The van der Waals surface area contributed by atoms with Crippen molar-refractivity contribution < 1.29 is 13.2 Å². The maximum Gasteiger partial charge on any atom is 0.417 e. The fourth-order valence-corrected chi connectivity index (χ4v) is 0.952. The highest BCUT2D eigenvalue weighted by Crippen LogP contribution is 2.29. The number of hydrogen-bond donors (Lipinski definition) is 2. The van der Waals surface area contributed by atoms with Crippen molar-refractivity contribution in [2.45, 2.75) is 12.2 Å². The van der Waals surface area contributed by atoms with E-state index in [0.29, 0.717) is 5.56 Å². The molecule has 0 aliphatic carbocycles. The topological polar surface area (TPSA) is 64.9 Å². The maximum atomic E-state index is 12.2. The van der Waals surface area contributed by atoms with E-state index in [0.717, 1.165) is 12.3 Å². The zero-order chi connectivity index (χ0) is 10.8. The van der Waals surface area contributed by atoms with E-state index in [9.17, 15) is 13.2 Å². The van der Waals surface area contributed by atoms with Gasteiger partial charge in [0.25, 0.3) is 0 Å². The first kappa shape index (κ1) is 10.9. The van der Waals surface area contributed by atoms with Gasteiger partial charge in [0, 0.05) is 25.0 Å². The summed E-state index contributed by atoms with van der Waals surface area (Å²) in [6.07, 6.45) is -2.35. The summed E-state index contributed by atoms with van der Waals surface area (Å²) in [6.45, 7) is 0.0863. The molecule has 0 saturated carbocycles. The van der Waals surface area contributed by atoms with Crippen molar-refractivity contribution in [3.8, 4) is 0 Å². The van der Waals surface area contributed by atoms with E-state index in [1.165, 1.54) is 6.20 Å². The normalized spacial score (nSPS) is 14.1. The third-order valence-corrected chi connectivity index (χ3v) is 1.77. The lowest BCUT2D eigenvalue weighted by Crippen LogP contribution is -2.21. The van der Waals surface area contributed by atoms with Gasteiger partial charge in [0.2, 0.25) is 0 Å². The molecular weight excluding hydrogens is 195 g/mol. The quantitative estimate of drug-likeness (QED) is 0.758. The van der Waals surface area contributed by atoms with Crippen molar-refractivity contribution in [3.63, 3.8) is 0 Å². The Bertz CT molecular complexity index is 311. The third-order valence-electron chi connectivity index (χ3n) is 1.77.